The van der Waals surface area contributed by atoms with Crippen LogP contribution in [-0.4, -0.2) is 38.1 Å². The van der Waals surface area contributed by atoms with Gasteiger partial charge in [0.25, 0.3) is 0 Å². The minimum Gasteiger partial charge on any atom is -0.481 e. The van der Waals surface area contributed by atoms with Crippen molar-refractivity contribution in [3.05, 3.63) is 30.5 Å². The van der Waals surface area contributed by atoms with E-state index < -0.39 is 11.9 Å². The Labute approximate surface area is 150 Å². The molecule has 26 heavy (non-hydrogen) atoms. The predicted octanol–water partition coefficient (Wildman–Crippen LogP) is 3.30. The molecule has 0 aliphatic carbocycles. The summed E-state index contributed by atoms with van der Waals surface area (Å²) in [7, 11) is 0. The van der Waals surface area contributed by atoms with Crippen LogP contribution in [0, 0.1) is 0 Å². The fourth-order valence-corrected chi connectivity index (χ4v) is 2.54. The maximum Gasteiger partial charge on any atom is 0.352 e. The highest BCUT2D eigenvalue weighted by molar-refractivity contribution is 6.35. The van der Waals surface area contributed by atoms with Gasteiger partial charge >= 0.3 is 11.9 Å². The van der Waals surface area contributed by atoms with Gasteiger partial charge in [-0.25, -0.2) is 4.79 Å². The zero-order valence-electron chi connectivity index (χ0n) is 14.4. The topological polar surface area (TPSA) is 125 Å². The first-order valence-corrected chi connectivity index (χ1v) is 8.56. The second kappa shape index (κ2) is 10.1. The number of hydrogen-bond donors (Lipinski definition) is 3. The molecule has 8 heteroatoms. The average molecular weight is 358 g/mol. The van der Waals surface area contributed by atoms with E-state index >= 15 is 0 Å². The van der Waals surface area contributed by atoms with Crippen LogP contribution in [0.5, 0.6) is 0 Å². The Bertz CT molecular complexity index is 786. The normalized spacial score (nSPS) is 11.5. The van der Waals surface area contributed by atoms with Crippen molar-refractivity contribution >= 4 is 34.2 Å². The molecule has 0 atom stereocenters. The molecule has 0 radical (unpaired) electrons. The van der Waals surface area contributed by atoms with Gasteiger partial charge in [-0.05, 0) is 19.3 Å². The van der Waals surface area contributed by atoms with E-state index in [4.69, 9.17) is 5.11 Å². The van der Waals surface area contributed by atoms with Crippen LogP contribution in [0.3, 0.4) is 0 Å². The predicted molar refractivity (Wildman–Crippen MR) is 98.2 cm³/mol. The van der Waals surface area contributed by atoms with Crippen molar-refractivity contribution in [1.29, 1.82) is 0 Å². The quantitative estimate of drug-likeness (QED) is 0.320. The molecule has 0 saturated heterocycles. The third kappa shape index (κ3) is 6.12. The summed E-state index contributed by atoms with van der Waals surface area (Å²) in [5, 5.41) is 31.4. The van der Waals surface area contributed by atoms with Crippen LogP contribution >= 0.6 is 0 Å². The highest BCUT2D eigenvalue weighted by Gasteiger charge is 2.10. The van der Waals surface area contributed by atoms with E-state index in [9.17, 15) is 14.7 Å². The molecule has 8 nitrogen and oxygen atoms in total. The van der Waals surface area contributed by atoms with Crippen molar-refractivity contribution in [2.45, 2.75) is 44.9 Å². The van der Waals surface area contributed by atoms with Gasteiger partial charge in [-0.15, -0.1) is 5.10 Å². The molecule has 1 heterocycles. The van der Waals surface area contributed by atoms with E-state index in [0.717, 1.165) is 30.0 Å². The summed E-state index contributed by atoms with van der Waals surface area (Å²) in [6.45, 7) is 0. The lowest BCUT2D eigenvalue weighted by Gasteiger charge is -2.06. The standard InChI is InChI=1S/C18H22N4O4/c23-16(24)11-5-3-1-2-4-10-15(18(25)26)20-22-17-14-9-7-6-8-13(14)12-19-21-17/h6-9,12H,1-5,10-11H2,(H,21,22)(H,23,24)(H,25,26)/b20-15+. The number of hydrogen-bond acceptors (Lipinski definition) is 6. The smallest absolute Gasteiger partial charge is 0.352 e. The Morgan fingerprint density at radius 1 is 1.00 bits per heavy atom. The number of rotatable bonds is 11. The third-order valence-corrected chi connectivity index (χ3v) is 3.92. The number of aromatic nitrogens is 2. The van der Waals surface area contributed by atoms with Crippen LogP contribution in [0.25, 0.3) is 10.8 Å². The number of carbonyl (C=O) groups is 2. The number of aliphatic carboxylic acids is 2. The lowest BCUT2D eigenvalue weighted by Crippen LogP contribution is -2.15. The Hall–Kier alpha value is -3.03. The summed E-state index contributed by atoms with van der Waals surface area (Å²) in [6, 6.07) is 7.50. The van der Waals surface area contributed by atoms with Gasteiger partial charge in [0.2, 0.25) is 0 Å². The molecule has 0 saturated carbocycles. The van der Waals surface area contributed by atoms with E-state index in [1.54, 1.807) is 6.20 Å². The molecule has 0 spiro atoms. The Kier molecular flexibility index (Phi) is 7.48. The van der Waals surface area contributed by atoms with E-state index in [1.165, 1.54) is 0 Å². The van der Waals surface area contributed by atoms with E-state index in [0.29, 0.717) is 25.1 Å². The molecular formula is C18H22N4O4. The van der Waals surface area contributed by atoms with Crippen LogP contribution < -0.4 is 5.43 Å². The van der Waals surface area contributed by atoms with Crippen molar-refractivity contribution in [2.24, 2.45) is 5.10 Å². The Morgan fingerprint density at radius 2 is 1.69 bits per heavy atom. The SMILES string of the molecule is O=C(O)CCCCCCC/C(=N\Nc1nncc2ccccc12)C(=O)O. The molecule has 0 bridgehead atoms. The minimum absolute atomic E-state index is 0.0327. The highest BCUT2D eigenvalue weighted by atomic mass is 16.4. The summed E-state index contributed by atoms with van der Waals surface area (Å²) >= 11 is 0. The van der Waals surface area contributed by atoms with Crippen LogP contribution in [0.2, 0.25) is 0 Å². The molecule has 2 rings (SSSR count). The lowest BCUT2D eigenvalue weighted by atomic mass is 10.1. The van der Waals surface area contributed by atoms with Gasteiger partial charge in [-0.2, -0.15) is 10.2 Å². The average Bonchev–Trinajstić information content (AvgIpc) is 2.62. The maximum atomic E-state index is 11.4. The van der Waals surface area contributed by atoms with Crippen molar-refractivity contribution in [3.63, 3.8) is 0 Å². The van der Waals surface area contributed by atoms with Gasteiger partial charge in [-0.1, -0.05) is 43.5 Å². The lowest BCUT2D eigenvalue weighted by molar-refractivity contribution is -0.137. The summed E-state index contributed by atoms with van der Waals surface area (Å²) in [5.41, 5.74) is 2.74. The Morgan fingerprint density at radius 3 is 2.42 bits per heavy atom. The van der Waals surface area contributed by atoms with Crippen molar-refractivity contribution in [2.75, 3.05) is 5.43 Å². The van der Waals surface area contributed by atoms with Gasteiger partial charge in [0.05, 0.1) is 6.20 Å². The molecule has 3 N–H and O–H groups in total. The summed E-state index contributed by atoms with van der Waals surface area (Å²) in [6.07, 6.45) is 6.01. The number of fused-ring (bicyclic) bond motifs is 1. The van der Waals surface area contributed by atoms with Crippen LogP contribution in [-0.2, 0) is 9.59 Å². The number of hydrazone groups is 1. The van der Waals surface area contributed by atoms with Crippen LogP contribution in [0.1, 0.15) is 44.9 Å². The first kappa shape index (κ1) is 19.3. The fourth-order valence-electron chi connectivity index (χ4n) is 2.54. The van der Waals surface area contributed by atoms with Gasteiger partial charge in [0.1, 0.15) is 5.71 Å². The third-order valence-electron chi connectivity index (χ3n) is 3.92. The van der Waals surface area contributed by atoms with Crippen LogP contribution in [0.15, 0.2) is 35.6 Å². The number of nitrogens with zero attached hydrogens (tertiary/aromatic N) is 3. The van der Waals surface area contributed by atoms with Gasteiger partial charge in [0, 0.05) is 17.2 Å². The molecule has 0 aliphatic heterocycles. The number of unbranched alkanes of at least 4 members (excludes halogenated alkanes) is 4. The zero-order valence-corrected chi connectivity index (χ0v) is 14.4. The summed E-state index contributed by atoms with van der Waals surface area (Å²) < 4.78 is 0. The molecule has 0 fully saturated rings. The summed E-state index contributed by atoms with van der Waals surface area (Å²) in [4.78, 5) is 21.8. The largest absolute Gasteiger partial charge is 0.481 e. The minimum atomic E-state index is -1.07. The molecule has 2 aromatic rings. The molecule has 0 aliphatic rings. The number of carboxylic acids is 2. The second-order valence-electron chi connectivity index (χ2n) is 5.92. The number of anilines is 1. The summed E-state index contributed by atoms with van der Waals surface area (Å²) in [5.74, 6) is -1.44. The second-order valence-corrected chi connectivity index (χ2v) is 5.92. The van der Waals surface area contributed by atoms with Gasteiger partial charge in [-0.3, -0.25) is 10.2 Å². The number of carboxylic acid groups (broad SMARTS) is 2. The van der Waals surface area contributed by atoms with Crippen molar-refractivity contribution in [3.8, 4) is 0 Å². The molecular weight excluding hydrogens is 336 g/mol. The number of benzene rings is 1. The molecule has 0 unspecified atom stereocenters. The number of nitrogens with one attached hydrogen (secondary N) is 1. The van der Waals surface area contributed by atoms with E-state index in [-0.39, 0.29) is 12.1 Å². The van der Waals surface area contributed by atoms with Gasteiger partial charge in [0.15, 0.2) is 5.82 Å². The zero-order chi connectivity index (χ0) is 18.8. The van der Waals surface area contributed by atoms with Crippen molar-refractivity contribution < 1.29 is 19.8 Å². The highest BCUT2D eigenvalue weighted by Crippen LogP contribution is 2.19. The Balaban J connectivity index is 1.86. The molecule has 0 amide bonds. The van der Waals surface area contributed by atoms with E-state index in [2.05, 4.69) is 20.7 Å². The monoisotopic (exact) mass is 358 g/mol. The maximum absolute atomic E-state index is 11.4. The van der Waals surface area contributed by atoms with E-state index in [1.807, 2.05) is 24.3 Å². The van der Waals surface area contributed by atoms with Crippen LogP contribution in [0.4, 0.5) is 5.82 Å². The molecule has 138 valence electrons. The molecule has 1 aromatic carbocycles. The first-order chi connectivity index (χ1) is 12.6. The van der Waals surface area contributed by atoms with Gasteiger partial charge < -0.3 is 10.2 Å². The first-order valence-electron chi connectivity index (χ1n) is 8.56. The molecule has 1 aromatic heterocycles. The fraction of sp³-hybridized carbons (Fsp3) is 0.389. The van der Waals surface area contributed by atoms with Crippen molar-refractivity contribution in [1.82, 2.24) is 10.2 Å².